The molecule has 0 saturated heterocycles. The van der Waals surface area contributed by atoms with E-state index in [9.17, 15) is 0 Å². The van der Waals surface area contributed by atoms with Crippen LogP contribution in [0, 0.1) is 0 Å². The zero-order valence-electron chi connectivity index (χ0n) is 14.4. The van der Waals surface area contributed by atoms with Gasteiger partial charge >= 0.3 is 0 Å². The van der Waals surface area contributed by atoms with E-state index in [1.54, 1.807) is 7.11 Å². The smallest absolute Gasteiger partial charge is 0.118 e. The van der Waals surface area contributed by atoms with Crippen molar-refractivity contribution in [1.29, 1.82) is 0 Å². The molecule has 0 aliphatic heterocycles. The summed E-state index contributed by atoms with van der Waals surface area (Å²) in [5.74, 6) is 0.850. The Morgan fingerprint density at radius 3 is 1.76 bits per heavy atom. The first-order valence-electron chi connectivity index (χ1n) is 8.34. The van der Waals surface area contributed by atoms with Crippen molar-refractivity contribution in [2.24, 2.45) is 5.10 Å². The van der Waals surface area contributed by atoms with E-state index >= 15 is 0 Å². The minimum Gasteiger partial charge on any atom is -0.497 e. The minimum absolute atomic E-state index is 0.766. The van der Waals surface area contributed by atoms with E-state index < -0.39 is 0 Å². The molecule has 3 nitrogen and oxygen atoms in total. The Labute approximate surface area is 149 Å². The number of hydrogen-bond acceptors (Lipinski definition) is 3. The summed E-state index contributed by atoms with van der Waals surface area (Å²) in [7, 11) is 1.67. The fraction of sp³-hybridized carbons (Fsp3) is 0.136. The second-order valence-electron chi connectivity index (χ2n) is 5.81. The molecule has 0 spiro atoms. The SMILES string of the molecule is COc1ccc(C=NN(Cc2ccccc2)Cc2ccccc2)cc1. The first-order valence-corrected chi connectivity index (χ1v) is 8.34. The molecule has 3 rings (SSSR count). The summed E-state index contributed by atoms with van der Waals surface area (Å²) in [6.45, 7) is 1.53. The van der Waals surface area contributed by atoms with E-state index in [0.29, 0.717) is 0 Å². The zero-order valence-corrected chi connectivity index (χ0v) is 14.4. The topological polar surface area (TPSA) is 24.8 Å². The van der Waals surface area contributed by atoms with Gasteiger partial charge in [0.1, 0.15) is 5.75 Å². The van der Waals surface area contributed by atoms with Crippen LogP contribution in [0.2, 0.25) is 0 Å². The Bertz CT molecular complexity index is 742. The first kappa shape index (κ1) is 16.8. The second kappa shape index (κ2) is 8.69. The van der Waals surface area contributed by atoms with Crippen molar-refractivity contribution in [3.63, 3.8) is 0 Å². The Balaban J connectivity index is 1.75. The molecule has 0 saturated carbocycles. The van der Waals surface area contributed by atoms with Crippen LogP contribution >= 0.6 is 0 Å². The maximum Gasteiger partial charge on any atom is 0.118 e. The maximum absolute atomic E-state index is 5.20. The molecule has 0 aliphatic rings. The quantitative estimate of drug-likeness (QED) is 0.462. The minimum atomic E-state index is 0.766. The number of ether oxygens (including phenoxy) is 1. The highest BCUT2D eigenvalue weighted by atomic mass is 16.5. The Hall–Kier alpha value is -3.07. The molecule has 0 radical (unpaired) electrons. The van der Waals surface area contributed by atoms with E-state index in [0.717, 1.165) is 24.4 Å². The predicted molar refractivity (Wildman–Crippen MR) is 103 cm³/mol. The summed E-state index contributed by atoms with van der Waals surface area (Å²) in [6.07, 6.45) is 1.89. The van der Waals surface area contributed by atoms with Gasteiger partial charge in [0, 0.05) is 0 Å². The summed E-state index contributed by atoms with van der Waals surface area (Å²) in [6, 6.07) is 28.7. The van der Waals surface area contributed by atoms with Gasteiger partial charge in [-0.1, -0.05) is 60.7 Å². The number of methoxy groups -OCH3 is 1. The van der Waals surface area contributed by atoms with Crippen molar-refractivity contribution in [3.05, 3.63) is 102 Å². The normalized spacial score (nSPS) is 10.8. The van der Waals surface area contributed by atoms with Crippen LogP contribution in [0.5, 0.6) is 5.75 Å². The van der Waals surface area contributed by atoms with Gasteiger partial charge in [-0.25, -0.2) is 0 Å². The number of hydrogen-bond donors (Lipinski definition) is 0. The molecule has 3 heteroatoms. The highest BCUT2D eigenvalue weighted by molar-refractivity contribution is 5.79. The van der Waals surface area contributed by atoms with Crippen LogP contribution in [0.1, 0.15) is 16.7 Å². The summed E-state index contributed by atoms with van der Waals surface area (Å²) in [4.78, 5) is 0. The maximum atomic E-state index is 5.20. The predicted octanol–water partition coefficient (Wildman–Crippen LogP) is 4.73. The lowest BCUT2D eigenvalue weighted by atomic mass is 10.2. The Morgan fingerprint density at radius 2 is 1.28 bits per heavy atom. The van der Waals surface area contributed by atoms with Gasteiger partial charge in [-0.05, 0) is 41.0 Å². The zero-order chi connectivity index (χ0) is 17.3. The molecule has 126 valence electrons. The largest absolute Gasteiger partial charge is 0.497 e. The van der Waals surface area contributed by atoms with Gasteiger partial charge in [0.25, 0.3) is 0 Å². The Kier molecular flexibility index (Phi) is 5.83. The molecule has 0 unspecified atom stereocenters. The fourth-order valence-corrected chi connectivity index (χ4v) is 2.56. The van der Waals surface area contributed by atoms with Crippen molar-refractivity contribution in [3.8, 4) is 5.75 Å². The van der Waals surface area contributed by atoms with Crippen LogP contribution in [-0.2, 0) is 13.1 Å². The molecular formula is C22H22N2O. The van der Waals surface area contributed by atoms with Crippen LogP contribution < -0.4 is 4.74 Å². The van der Waals surface area contributed by atoms with Crippen molar-refractivity contribution >= 4 is 6.21 Å². The lowest BCUT2D eigenvalue weighted by Crippen LogP contribution is -2.17. The summed E-state index contributed by atoms with van der Waals surface area (Å²) in [5.41, 5.74) is 3.53. The monoisotopic (exact) mass is 330 g/mol. The molecule has 0 heterocycles. The molecule has 0 bridgehead atoms. The molecule has 3 aromatic carbocycles. The van der Waals surface area contributed by atoms with Gasteiger partial charge in [0.2, 0.25) is 0 Å². The van der Waals surface area contributed by atoms with E-state index in [-0.39, 0.29) is 0 Å². The number of benzene rings is 3. The number of rotatable bonds is 7. The third kappa shape index (κ3) is 5.21. The van der Waals surface area contributed by atoms with Crippen molar-refractivity contribution in [1.82, 2.24) is 5.01 Å². The summed E-state index contributed by atoms with van der Waals surface area (Å²) < 4.78 is 5.20. The summed E-state index contributed by atoms with van der Waals surface area (Å²) in [5, 5.41) is 6.79. The highest BCUT2D eigenvalue weighted by Crippen LogP contribution is 2.12. The summed E-state index contributed by atoms with van der Waals surface area (Å²) >= 11 is 0. The molecule has 3 aromatic rings. The molecular weight excluding hydrogens is 308 g/mol. The average molecular weight is 330 g/mol. The third-order valence-electron chi connectivity index (χ3n) is 3.90. The van der Waals surface area contributed by atoms with Crippen LogP contribution in [-0.4, -0.2) is 18.3 Å². The third-order valence-corrected chi connectivity index (χ3v) is 3.90. The lowest BCUT2D eigenvalue weighted by molar-refractivity contribution is 0.272. The number of hydrazone groups is 1. The molecule has 25 heavy (non-hydrogen) atoms. The highest BCUT2D eigenvalue weighted by Gasteiger charge is 2.04. The second-order valence-corrected chi connectivity index (χ2v) is 5.81. The number of nitrogens with zero attached hydrogens (tertiary/aromatic N) is 2. The van der Waals surface area contributed by atoms with Gasteiger partial charge in [-0.3, -0.25) is 5.01 Å². The molecule has 0 atom stereocenters. The van der Waals surface area contributed by atoms with E-state index in [4.69, 9.17) is 9.84 Å². The van der Waals surface area contributed by atoms with E-state index in [2.05, 4.69) is 53.5 Å². The molecule has 0 aromatic heterocycles. The molecule has 0 amide bonds. The van der Waals surface area contributed by atoms with Gasteiger partial charge < -0.3 is 4.74 Å². The molecule has 0 N–H and O–H groups in total. The van der Waals surface area contributed by atoms with Crippen molar-refractivity contribution in [2.75, 3.05) is 7.11 Å². The molecule has 0 fully saturated rings. The van der Waals surface area contributed by atoms with Gasteiger partial charge in [0.05, 0.1) is 26.4 Å². The van der Waals surface area contributed by atoms with Crippen LogP contribution in [0.15, 0.2) is 90.0 Å². The lowest BCUT2D eigenvalue weighted by Gasteiger charge is -2.19. The van der Waals surface area contributed by atoms with Gasteiger partial charge in [0.15, 0.2) is 0 Å². The average Bonchev–Trinajstić information content (AvgIpc) is 2.68. The first-order chi connectivity index (χ1) is 12.3. The van der Waals surface area contributed by atoms with E-state index in [1.807, 2.05) is 42.6 Å². The van der Waals surface area contributed by atoms with Gasteiger partial charge in [-0.15, -0.1) is 0 Å². The van der Waals surface area contributed by atoms with Crippen LogP contribution in [0.25, 0.3) is 0 Å². The fourth-order valence-electron chi connectivity index (χ4n) is 2.56. The van der Waals surface area contributed by atoms with E-state index in [1.165, 1.54) is 11.1 Å². The Morgan fingerprint density at radius 1 is 0.760 bits per heavy atom. The van der Waals surface area contributed by atoms with Crippen LogP contribution in [0.3, 0.4) is 0 Å². The van der Waals surface area contributed by atoms with Crippen molar-refractivity contribution < 1.29 is 4.74 Å². The standard InChI is InChI=1S/C22H22N2O/c1-25-22-14-12-19(13-15-22)16-23-24(17-20-8-4-2-5-9-20)18-21-10-6-3-7-11-21/h2-16H,17-18H2,1H3. The van der Waals surface area contributed by atoms with Crippen molar-refractivity contribution in [2.45, 2.75) is 13.1 Å². The van der Waals surface area contributed by atoms with Crippen LogP contribution in [0.4, 0.5) is 0 Å². The van der Waals surface area contributed by atoms with Gasteiger partial charge in [-0.2, -0.15) is 5.10 Å². The molecule has 0 aliphatic carbocycles.